The van der Waals surface area contributed by atoms with Crippen molar-refractivity contribution >= 4 is 18.4 Å². The van der Waals surface area contributed by atoms with Gasteiger partial charge in [-0.15, -0.1) is 0 Å². The van der Waals surface area contributed by atoms with Crippen molar-refractivity contribution in [2.75, 3.05) is 5.32 Å². The van der Waals surface area contributed by atoms with E-state index in [1.807, 2.05) is 52.0 Å². The molecule has 26 heavy (non-hydrogen) atoms. The molecule has 0 saturated carbocycles. The number of ether oxygens (including phenoxy) is 1. The summed E-state index contributed by atoms with van der Waals surface area (Å²) in [5, 5.41) is 3.13. The Bertz CT molecular complexity index is 800. The fourth-order valence-corrected chi connectivity index (χ4v) is 2.95. The number of anilines is 1. The summed E-state index contributed by atoms with van der Waals surface area (Å²) in [4.78, 5) is 4.19. The molecular weight excluding hydrogens is 334 g/mol. The Hall–Kier alpha value is -1.96. The molecule has 1 aromatic carbocycles. The molecule has 2 atom stereocenters. The van der Waals surface area contributed by atoms with Gasteiger partial charge in [-0.1, -0.05) is 18.2 Å². The van der Waals surface area contributed by atoms with Gasteiger partial charge in [-0.25, -0.2) is 9.37 Å². The highest BCUT2D eigenvalue weighted by Gasteiger charge is 2.52. The monoisotopic (exact) mass is 356 g/mol. The highest BCUT2D eigenvalue weighted by Crippen LogP contribution is 2.40. The molecule has 136 valence electrons. The number of nitrogens with zero attached hydrogens (tertiary/aromatic N) is 1. The van der Waals surface area contributed by atoms with Crippen LogP contribution in [0, 0.1) is 5.82 Å². The van der Waals surface area contributed by atoms with Crippen molar-refractivity contribution in [2.45, 2.75) is 51.2 Å². The second-order valence-corrected chi connectivity index (χ2v) is 7.71. The predicted octanol–water partition coefficient (Wildman–Crippen LogP) is 3.03. The summed E-state index contributed by atoms with van der Waals surface area (Å²) < 4.78 is 32.2. The van der Waals surface area contributed by atoms with Gasteiger partial charge in [0.15, 0.2) is 6.23 Å². The van der Waals surface area contributed by atoms with Crippen LogP contribution in [0.15, 0.2) is 42.6 Å². The van der Waals surface area contributed by atoms with Gasteiger partial charge in [0.1, 0.15) is 17.7 Å². The number of epoxide rings is 1. The fraction of sp³-hybridized carbons (Fsp3) is 0.421. The Balaban J connectivity index is 1.46. The molecule has 2 aliphatic heterocycles. The molecule has 5 nitrogen and oxygen atoms in total. The molecule has 0 aliphatic carbocycles. The molecule has 0 radical (unpaired) electrons. The van der Waals surface area contributed by atoms with Crippen molar-refractivity contribution in [3.8, 4) is 0 Å². The summed E-state index contributed by atoms with van der Waals surface area (Å²) in [7, 11) is -0.578. The Morgan fingerprint density at radius 2 is 1.81 bits per heavy atom. The van der Waals surface area contributed by atoms with Gasteiger partial charge in [0.05, 0.1) is 11.2 Å². The first-order valence-electron chi connectivity index (χ1n) is 8.75. The van der Waals surface area contributed by atoms with Gasteiger partial charge in [0.2, 0.25) is 0 Å². The van der Waals surface area contributed by atoms with Crippen LogP contribution in [-0.4, -0.2) is 29.5 Å². The SMILES string of the molecule is CC1(C)OB(c2ccc(C3OC3Nc3ccccn3)c(F)c2)OC1(C)C. The highest BCUT2D eigenvalue weighted by molar-refractivity contribution is 6.62. The maximum Gasteiger partial charge on any atom is 0.494 e. The lowest BCUT2D eigenvalue weighted by atomic mass is 9.78. The van der Waals surface area contributed by atoms with Gasteiger partial charge in [-0.05, 0) is 51.4 Å². The number of halogens is 1. The van der Waals surface area contributed by atoms with Gasteiger partial charge in [0, 0.05) is 11.8 Å². The van der Waals surface area contributed by atoms with Crippen LogP contribution >= 0.6 is 0 Å². The van der Waals surface area contributed by atoms with Gasteiger partial charge in [0.25, 0.3) is 0 Å². The average Bonchev–Trinajstić information content (AvgIpc) is 3.28. The second kappa shape index (κ2) is 6.04. The van der Waals surface area contributed by atoms with Crippen molar-refractivity contribution in [2.24, 2.45) is 0 Å². The summed E-state index contributed by atoms with van der Waals surface area (Å²) in [6, 6.07) is 10.6. The minimum absolute atomic E-state index is 0.276. The molecule has 7 heteroatoms. The third-order valence-electron chi connectivity index (χ3n) is 5.30. The second-order valence-electron chi connectivity index (χ2n) is 7.71. The predicted molar refractivity (Wildman–Crippen MR) is 97.6 cm³/mol. The number of rotatable bonds is 4. The lowest BCUT2D eigenvalue weighted by molar-refractivity contribution is 0.00578. The molecule has 2 fully saturated rings. The zero-order valence-electron chi connectivity index (χ0n) is 15.3. The third-order valence-corrected chi connectivity index (χ3v) is 5.30. The van der Waals surface area contributed by atoms with E-state index in [2.05, 4.69) is 10.3 Å². The van der Waals surface area contributed by atoms with Crippen molar-refractivity contribution < 1.29 is 18.4 Å². The minimum atomic E-state index is -0.578. The van der Waals surface area contributed by atoms with E-state index in [0.29, 0.717) is 16.8 Å². The van der Waals surface area contributed by atoms with Crippen LogP contribution in [0.1, 0.15) is 39.4 Å². The van der Waals surface area contributed by atoms with E-state index in [4.69, 9.17) is 14.0 Å². The zero-order chi connectivity index (χ0) is 18.5. The van der Waals surface area contributed by atoms with Crippen LogP contribution in [0.3, 0.4) is 0 Å². The fourth-order valence-electron chi connectivity index (χ4n) is 2.95. The summed E-state index contributed by atoms with van der Waals surface area (Å²) in [6.07, 6.45) is 1.09. The number of hydrogen-bond donors (Lipinski definition) is 1. The van der Waals surface area contributed by atoms with Gasteiger partial charge in [-0.3, -0.25) is 0 Å². The molecule has 1 N–H and O–H groups in total. The van der Waals surface area contributed by atoms with Crippen LogP contribution in [0.5, 0.6) is 0 Å². The first-order chi connectivity index (χ1) is 12.3. The van der Waals surface area contributed by atoms with Crippen LogP contribution < -0.4 is 10.8 Å². The first kappa shape index (κ1) is 17.5. The maximum absolute atomic E-state index is 14.7. The largest absolute Gasteiger partial charge is 0.494 e. The molecule has 0 spiro atoms. The molecular formula is C19H22BFN2O3. The topological polar surface area (TPSA) is 55.9 Å². The van der Waals surface area contributed by atoms with E-state index in [1.54, 1.807) is 12.3 Å². The number of aromatic nitrogens is 1. The molecule has 2 aliphatic rings. The summed E-state index contributed by atoms with van der Waals surface area (Å²) >= 11 is 0. The van der Waals surface area contributed by atoms with E-state index in [1.165, 1.54) is 6.07 Å². The Labute approximate surface area is 153 Å². The van der Waals surface area contributed by atoms with Gasteiger partial charge < -0.3 is 19.4 Å². The molecule has 2 unspecified atom stereocenters. The number of hydrogen-bond acceptors (Lipinski definition) is 5. The number of nitrogens with one attached hydrogen (secondary N) is 1. The molecule has 3 heterocycles. The quantitative estimate of drug-likeness (QED) is 0.674. The number of benzene rings is 1. The van der Waals surface area contributed by atoms with E-state index in [-0.39, 0.29) is 18.1 Å². The van der Waals surface area contributed by atoms with Crippen molar-refractivity contribution in [3.05, 3.63) is 54.0 Å². The van der Waals surface area contributed by atoms with Gasteiger partial charge in [-0.2, -0.15) is 0 Å². The average molecular weight is 356 g/mol. The Morgan fingerprint density at radius 1 is 1.08 bits per heavy atom. The molecule has 2 saturated heterocycles. The molecule has 0 amide bonds. The van der Waals surface area contributed by atoms with Crippen LogP contribution in [0.2, 0.25) is 0 Å². The standard InChI is InChI=1S/C19H22BFN2O3/c1-18(2)19(3,4)26-20(25-18)12-8-9-13(14(21)11-12)16-17(24-16)23-15-7-5-6-10-22-15/h5-11,16-17H,1-4H3,(H,22,23). The van der Waals surface area contributed by atoms with Crippen molar-refractivity contribution in [1.82, 2.24) is 4.98 Å². The summed E-state index contributed by atoms with van der Waals surface area (Å²) in [5.74, 6) is 0.377. The smallest absolute Gasteiger partial charge is 0.399 e. The van der Waals surface area contributed by atoms with Crippen LogP contribution in [0.25, 0.3) is 0 Å². The lowest BCUT2D eigenvalue weighted by Gasteiger charge is -2.32. The zero-order valence-corrected chi connectivity index (χ0v) is 15.3. The molecule has 2 aromatic rings. The van der Waals surface area contributed by atoms with E-state index in [0.717, 1.165) is 0 Å². The normalized spacial score (nSPS) is 26.0. The molecule has 1 aromatic heterocycles. The molecule has 4 rings (SSSR count). The summed E-state index contributed by atoms with van der Waals surface area (Å²) in [6.45, 7) is 7.90. The Morgan fingerprint density at radius 3 is 2.42 bits per heavy atom. The van der Waals surface area contributed by atoms with Gasteiger partial charge >= 0.3 is 7.12 Å². The minimum Gasteiger partial charge on any atom is -0.399 e. The van der Waals surface area contributed by atoms with E-state index >= 15 is 0 Å². The molecule has 0 bridgehead atoms. The lowest BCUT2D eigenvalue weighted by Crippen LogP contribution is -2.41. The summed E-state index contributed by atoms with van der Waals surface area (Å²) in [5.41, 5.74) is 0.271. The van der Waals surface area contributed by atoms with Crippen LogP contribution in [-0.2, 0) is 14.0 Å². The first-order valence-corrected chi connectivity index (χ1v) is 8.75. The van der Waals surface area contributed by atoms with E-state index < -0.39 is 18.3 Å². The van der Waals surface area contributed by atoms with Crippen LogP contribution in [0.4, 0.5) is 10.2 Å². The van der Waals surface area contributed by atoms with Crippen molar-refractivity contribution in [3.63, 3.8) is 0 Å². The van der Waals surface area contributed by atoms with E-state index in [9.17, 15) is 4.39 Å². The highest BCUT2D eigenvalue weighted by atomic mass is 19.1. The third kappa shape index (κ3) is 3.11. The Kier molecular flexibility index (Phi) is 4.06. The number of pyridine rings is 1. The maximum atomic E-state index is 14.7. The van der Waals surface area contributed by atoms with Crippen molar-refractivity contribution in [1.29, 1.82) is 0 Å².